The van der Waals surface area contributed by atoms with E-state index in [2.05, 4.69) is 52.8 Å². The highest BCUT2D eigenvalue weighted by Gasteiger charge is 2.15. The molecule has 0 spiro atoms. The van der Waals surface area contributed by atoms with E-state index in [0.29, 0.717) is 0 Å². The highest BCUT2D eigenvalue weighted by atomic mass is 32.1. The van der Waals surface area contributed by atoms with E-state index in [4.69, 9.17) is 10.7 Å². The monoisotopic (exact) mass is 317 g/mol. The van der Waals surface area contributed by atoms with Crippen LogP contribution < -0.4 is 5.73 Å². The second-order valence-electron chi connectivity index (χ2n) is 5.37. The van der Waals surface area contributed by atoms with Gasteiger partial charge in [0.15, 0.2) is 0 Å². The fourth-order valence-electron chi connectivity index (χ4n) is 2.60. The number of fused-ring (bicyclic) bond motifs is 1. The molecule has 0 aliphatic carbocycles. The molecule has 0 bridgehead atoms. The van der Waals surface area contributed by atoms with Gasteiger partial charge in [-0.15, -0.1) is 11.3 Å². The molecule has 4 aromatic rings. The maximum Gasteiger partial charge on any atom is 0.116 e. The molecule has 2 aromatic heterocycles. The lowest BCUT2D eigenvalue weighted by atomic mass is 10.1. The van der Waals surface area contributed by atoms with Gasteiger partial charge >= 0.3 is 0 Å². The molecule has 2 N–H and O–H groups in total. The number of aromatic nitrogens is 2. The first-order valence-corrected chi connectivity index (χ1v) is 8.30. The highest BCUT2D eigenvalue weighted by Crippen LogP contribution is 2.29. The zero-order chi connectivity index (χ0) is 15.6. The van der Waals surface area contributed by atoms with Crippen LogP contribution in [0.5, 0.6) is 0 Å². The molecule has 112 valence electrons. The average molecular weight is 317 g/mol. The van der Waals surface area contributed by atoms with Gasteiger partial charge in [-0.05, 0) is 29.0 Å². The molecular weight excluding hydrogens is 302 g/mol. The summed E-state index contributed by atoms with van der Waals surface area (Å²) in [5.74, 6) is 0. The van der Waals surface area contributed by atoms with Gasteiger partial charge in [-0.1, -0.05) is 42.5 Å². The summed E-state index contributed by atoms with van der Waals surface area (Å²) < 4.78 is 0. The zero-order valence-electron chi connectivity index (χ0n) is 12.4. The predicted molar refractivity (Wildman–Crippen MR) is 95.3 cm³/mol. The van der Waals surface area contributed by atoms with E-state index in [-0.39, 0.29) is 6.04 Å². The third-order valence-corrected chi connectivity index (χ3v) is 4.77. The second kappa shape index (κ2) is 5.91. The molecule has 3 nitrogen and oxygen atoms in total. The van der Waals surface area contributed by atoms with Crippen molar-refractivity contribution in [3.05, 3.63) is 82.9 Å². The van der Waals surface area contributed by atoms with Crippen LogP contribution in [0.15, 0.2) is 72.2 Å². The molecule has 1 atom stereocenters. The SMILES string of the molecule is NC(c1ccccn1)c1nc(-c2ccc3ccccc3c2)cs1. The minimum atomic E-state index is -0.282. The van der Waals surface area contributed by atoms with Crippen molar-refractivity contribution >= 4 is 22.1 Å². The molecule has 0 saturated heterocycles. The summed E-state index contributed by atoms with van der Waals surface area (Å²) in [5.41, 5.74) is 9.19. The van der Waals surface area contributed by atoms with E-state index in [9.17, 15) is 0 Å². The van der Waals surface area contributed by atoms with Crippen LogP contribution in [0.25, 0.3) is 22.0 Å². The number of nitrogens with zero attached hydrogens (tertiary/aromatic N) is 2. The number of thiazole rings is 1. The maximum absolute atomic E-state index is 6.28. The van der Waals surface area contributed by atoms with Gasteiger partial charge in [0.2, 0.25) is 0 Å². The van der Waals surface area contributed by atoms with Gasteiger partial charge < -0.3 is 5.73 Å². The summed E-state index contributed by atoms with van der Waals surface area (Å²) in [6, 6.07) is 20.2. The van der Waals surface area contributed by atoms with E-state index >= 15 is 0 Å². The molecule has 2 aromatic carbocycles. The van der Waals surface area contributed by atoms with Gasteiger partial charge in [0.1, 0.15) is 5.01 Å². The highest BCUT2D eigenvalue weighted by molar-refractivity contribution is 7.10. The van der Waals surface area contributed by atoms with Gasteiger partial charge in [-0.25, -0.2) is 4.98 Å². The molecule has 1 unspecified atom stereocenters. The first-order chi connectivity index (χ1) is 11.3. The molecule has 0 radical (unpaired) electrons. The average Bonchev–Trinajstić information content (AvgIpc) is 3.11. The molecule has 23 heavy (non-hydrogen) atoms. The normalized spacial score (nSPS) is 12.4. The van der Waals surface area contributed by atoms with Gasteiger partial charge in [0.05, 0.1) is 17.4 Å². The molecule has 0 fully saturated rings. The molecular formula is C19H15N3S. The number of hydrogen-bond donors (Lipinski definition) is 1. The van der Waals surface area contributed by atoms with Crippen molar-refractivity contribution in [2.24, 2.45) is 5.73 Å². The lowest BCUT2D eigenvalue weighted by Gasteiger charge is -2.07. The van der Waals surface area contributed by atoms with Crippen LogP contribution in [-0.4, -0.2) is 9.97 Å². The van der Waals surface area contributed by atoms with Gasteiger partial charge in [-0.2, -0.15) is 0 Å². The van der Waals surface area contributed by atoms with Crippen molar-refractivity contribution < 1.29 is 0 Å². The Morgan fingerprint density at radius 1 is 0.913 bits per heavy atom. The van der Waals surface area contributed by atoms with E-state index in [1.807, 2.05) is 18.2 Å². The van der Waals surface area contributed by atoms with Crippen molar-refractivity contribution in [3.8, 4) is 11.3 Å². The van der Waals surface area contributed by atoms with Crippen LogP contribution in [0.2, 0.25) is 0 Å². The lowest BCUT2D eigenvalue weighted by Crippen LogP contribution is -2.12. The Labute approximate surface area is 138 Å². The number of nitrogens with two attached hydrogens (primary N) is 1. The van der Waals surface area contributed by atoms with Crippen LogP contribution in [0, 0.1) is 0 Å². The topological polar surface area (TPSA) is 51.8 Å². The van der Waals surface area contributed by atoms with E-state index in [1.165, 1.54) is 10.8 Å². The Hall–Kier alpha value is -2.56. The van der Waals surface area contributed by atoms with Crippen LogP contribution in [0.3, 0.4) is 0 Å². The smallest absolute Gasteiger partial charge is 0.116 e. The van der Waals surface area contributed by atoms with Gasteiger partial charge in [-0.3, -0.25) is 4.98 Å². The Balaban J connectivity index is 1.69. The molecule has 0 aliphatic rings. The van der Waals surface area contributed by atoms with Crippen molar-refractivity contribution in [3.63, 3.8) is 0 Å². The number of pyridine rings is 1. The molecule has 2 heterocycles. The summed E-state index contributed by atoms with van der Waals surface area (Å²) in [4.78, 5) is 9.04. The van der Waals surface area contributed by atoms with Crippen LogP contribution >= 0.6 is 11.3 Å². The van der Waals surface area contributed by atoms with Gasteiger partial charge in [0.25, 0.3) is 0 Å². The third-order valence-electron chi connectivity index (χ3n) is 3.84. The van der Waals surface area contributed by atoms with Crippen LogP contribution in [-0.2, 0) is 0 Å². The number of hydrogen-bond acceptors (Lipinski definition) is 4. The summed E-state index contributed by atoms with van der Waals surface area (Å²) in [5, 5.41) is 5.39. The minimum Gasteiger partial charge on any atom is -0.317 e. The Morgan fingerprint density at radius 2 is 1.74 bits per heavy atom. The van der Waals surface area contributed by atoms with Crippen molar-refractivity contribution in [2.75, 3.05) is 0 Å². The Morgan fingerprint density at radius 3 is 2.57 bits per heavy atom. The Kier molecular flexibility index (Phi) is 3.61. The van der Waals surface area contributed by atoms with E-state index in [0.717, 1.165) is 22.0 Å². The summed E-state index contributed by atoms with van der Waals surface area (Å²) in [6.45, 7) is 0. The number of rotatable bonds is 3. The largest absolute Gasteiger partial charge is 0.317 e. The molecule has 4 heteroatoms. The predicted octanol–water partition coefficient (Wildman–Crippen LogP) is 4.41. The minimum absolute atomic E-state index is 0.282. The molecule has 0 amide bonds. The Bertz CT molecular complexity index is 947. The molecule has 4 rings (SSSR count). The lowest BCUT2D eigenvalue weighted by molar-refractivity contribution is 0.819. The molecule has 0 aliphatic heterocycles. The van der Waals surface area contributed by atoms with Crippen LogP contribution in [0.1, 0.15) is 16.7 Å². The first-order valence-electron chi connectivity index (χ1n) is 7.42. The maximum atomic E-state index is 6.28. The van der Waals surface area contributed by atoms with Gasteiger partial charge in [0, 0.05) is 17.1 Å². The summed E-state index contributed by atoms with van der Waals surface area (Å²) in [6.07, 6.45) is 1.76. The van der Waals surface area contributed by atoms with Crippen molar-refractivity contribution in [2.45, 2.75) is 6.04 Å². The summed E-state index contributed by atoms with van der Waals surface area (Å²) in [7, 11) is 0. The second-order valence-corrected chi connectivity index (χ2v) is 6.25. The third kappa shape index (κ3) is 2.74. The number of benzene rings is 2. The zero-order valence-corrected chi connectivity index (χ0v) is 13.2. The van der Waals surface area contributed by atoms with Crippen molar-refractivity contribution in [1.82, 2.24) is 9.97 Å². The quantitative estimate of drug-likeness (QED) is 0.609. The summed E-state index contributed by atoms with van der Waals surface area (Å²) >= 11 is 1.58. The standard InChI is InChI=1S/C19H15N3S/c20-18(16-7-3-4-10-21-16)19-22-17(12-23-19)15-9-8-13-5-1-2-6-14(13)11-15/h1-12,18H,20H2. The van der Waals surface area contributed by atoms with E-state index < -0.39 is 0 Å². The van der Waals surface area contributed by atoms with Crippen molar-refractivity contribution in [1.29, 1.82) is 0 Å². The molecule has 0 saturated carbocycles. The van der Waals surface area contributed by atoms with E-state index in [1.54, 1.807) is 17.5 Å². The van der Waals surface area contributed by atoms with Crippen LogP contribution in [0.4, 0.5) is 0 Å². The first kappa shape index (κ1) is 14.1. The fraction of sp³-hybridized carbons (Fsp3) is 0.0526. The fourth-order valence-corrected chi connectivity index (χ4v) is 3.44.